The van der Waals surface area contributed by atoms with Crippen molar-refractivity contribution in [2.75, 3.05) is 6.61 Å². The molecule has 0 aromatic heterocycles. The van der Waals surface area contributed by atoms with Gasteiger partial charge in [-0.25, -0.2) is 0 Å². The Morgan fingerprint density at radius 2 is 1.63 bits per heavy atom. The molecule has 0 radical (unpaired) electrons. The van der Waals surface area contributed by atoms with E-state index in [2.05, 4.69) is 0 Å². The molecule has 0 amide bonds. The molecule has 1 heterocycles. The van der Waals surface area contributed by atoms with Gasteiger partial charge in [0.1, 0.15) is 24.9 Å². The number of phenolic OH excluding ortho intramolecular Hbond substituents is 4. The Kier molecular flexibility index (Phi) is 8.78. The smallest absolute Gasteiger partial charge is 0.303 e. The highest BCUT2D eigenvalue weighted by Gasteiger charge is 2.48. The SMILES string of the molecule is CC(=O)OC[C@H]1O[C@@H](Oc2ccc(C(=O)C=Cc3ccc(O)c(O)c3)c(O)c2O)[C@H](O)[C@@H](O)[C@@H]1OC(C)=O. The van der Waals surface area contributed by atoms with Crippen LogP contribution in [-0.4, -0.2) is 85.7 Å². The van der Waals surface area contributed by atoms with Gasteiger partial charge in [0.15, 0.2) is 34.9 Å². The third-order valence-electron chi connectivity index (χ3n) is 5.44. The Hall–Kier alpha value is -4.33. The molecular weight excluding hydrogens is 508 g/mol. The van der Waals surface area contributed by atoms with Crippen molar-refractivity contribution < 1.29 is 64.0 Å². The number of carbonyl (C=O) groups is 3. The Labute approximate surface area is 215 Å². The van der Waals surface area contributed by atoms with Crippen molar-refractivity contribution in [3.05, 3.63) is 47.5 Å². The number of ether oxygens (including phenoxy) is 4. The Bertz CT molecular complexity index is 1240. The van der Waals surface area contributed by atoms with Gasteiger partial charge in [0.25, 0.3) is 0 Å². The zero-order valence-corrected chi connectivity index (χ0v) is 20.2. The quantitative estimate of drug-likeness (QED) is 0.120. The molecule has 1 fully saturated rings. The summed E-state index contributed by atoms with van der Waals surface area (Å²) in [5.41, 5.74) is 0.0524. The van der Waals surface area contributed by atoms with Crippen LogP contribution in [0.4, 0.5) is 0 Å². The maximum Gasteiger partial charge on any atom is 0.303 e. The minimum Gasteiger partial charge on any atom is -0.504 e. The van der Waals surface area contributed by atoms with Crippen LogP contribution in [0.1, 0.15) is 29.8 Å². The number of aliphatic hydroxyl groups is 2. The number of aliphatic hydroxyl groups excluding tert-OH is 2. The van der Waals surface area contributed by atoms with Crippen LogP contribution in [0.5, 0.6) is 28.7 Å². The van der Waals surface area contributed by atoms with E-state index in [-0.39, 0.29) is 11.3 Å². The molecule has 1 saturated heterocycles. The van der Waals surface area contributed by atoms with Crippen molar-refractivity contribution >= 4 is 23.8 Å². The highest BCUT2D eigenvalue weighted by molar-refractivity contribution is 6.09. The molecule has 5 atom stereocenters. The fourth-order valence-electron chi connectivity index (χ4n) is 3.56. The van der Waals surface area contributed by atoms with Crippen molar-refractivity contribution in [1.29, 1.82) is 0 Å². The molecule has 38 heavy (non-hydrogen) atoms. The summed E-state index contributed by atoms with van der Waals surface area (Å²) in [4.78, 5) is 35.2. The monoisotopic (exact) mass is 534 g/mol. The highest BCUT2D eigenvalue weighted by atomic mass is 16.7. The fourth-order valence-corrected chi connectivity index (χ4v) is 3.56. The number of hydrogen-bond donors (Lipinski definition) is 6. The number of benzene rings is 2. The molecule has 1 aliphatic heterocycles. The largest absolute Gasteiger partial charge is 0.504 e. The lowest BCUT2D eigenvalue weighted by atomic mass is 9.99. The average molecular weight is 534 g/mol. The zero-order chi connectivity index (χ0) is 28.1. The summed E-state index contributed by atoms with van der Waals surface area (Å²) in [7, 11) is 0. The number of ketones is 1. The number of aromatic hydroxyl groups is 4. The van der Waals surface area contributed by atoms with Crippen LogP contribution in [0.3, 0.4) is 0 Å². The first-order valence-corrected chi connectivity index (χ1v) is 11.2. The van der Waals surface area contributed by atoms with Crippen molar-refractivity contribution in [2.45, 2.75) is 44.6 Å². The molecule has 0 aliphatic carbocycles. The topological polar surface area (TPSA) is 210 Å². The number of esters is 2. The third-order valence-corrected chi connectivity index (χ3v) is 5.44. The Balaban J connectivity index is 1.79. The molecule has 3 rings (SSSR count). The summed E-state index contributed by atoms with van der Waals surface area (Å²) in [6, 6.07) is 6.08. The molecular formula is C25H26O13. The predicted octanol–water partition coefficient (Wildman–Crippen LogP) is 0.725. The summed E-state index contributed by atoms with van der Waals surface area (Å²) >= 11 is 0. The van der Waals surface area contributed by atoms with Crippen LogP contribution in [0.15, 0.2) is 36.4 Å². The first kappa shape index (κ1) is 28.2. The van der Waals surface area contributed by atoms with Gasteiger partial charge in [-0.15, -0.1) is 0 Å². The Morgan fingerprint density at radius 1 is 0.921 bits per heavy atom. The second-order valence-electron chi connectivity index (χ2n) is 8.27. The van der Waals surface area contributed by atoms with Gasteiger partial charge in [-0.2, -0.15) is 0 Å². The number of hydrogen-bond acceptors (Lipinski definition) is 13. The number of phenols is 4. The molecule has 0 spiro atoms. The van der Waals surface area contributed by atoms with Crippen molar-refractivity contribution in [2.24, 2.45) is 0 Å². The summed E-state index contributed by atoms with van der Waals surface area (Å²) < 4.78 is 20.8. The minimum absolute atomic E-state index is 0.318. The van der Waals surface area contributed by atoms with E-state index < -0.39 is 78.0 Å². The van der Waals surface area contributed by atoms with Crippen LogP contribution in [0, 0.1) is 0 Å². The van der Waals surface area contributed by atoms with Crippen molar-refractivity contribution in [3.63, 3.8) is 0 Å². The van der Waals surface area contributed by atoms with Crippen LogP contribution >= 0.6 is 0 Å². The first-order chi connectivity index (χ1) is 17.9. The van der Waals surface area contributed by atoms with Crippen LogP contribution in [0.25, 0.3) is 6.08 Å². The molecule has 0 unspecified atom stereocenters. The van der Waals surface area contributed by atoms with Crippen molar-refractivity contribution in [1.82, 2.24) is 0 Å². The van der Waals surface area contributed by atoms with Crippen LogP contribution in [-0.2, 0) is 23.8 Å². The lowest BCUT2D eigenvalue weighted by molar-refractivity contribution is -0.282. The first-order valence-electron chi connectivity index (χ1n) is 11.2. The van der Waals surface area contributed by atoms with E-state index in [1.54, 1.807) is 0 Å². The molecule has 204 valence electrons. The molecule has 0 saturated carbocycles. The summed E-state index contributed by atoms with van der Waals surface area (Å²) in [6.45, 7) is 1.72. The number of carbonyl (C=O) groups excluding carboxylic acids is 3. The van der Waals surface area contributed by atoms with E-state index in [4.69, 9.17) is 18.9 Å². The molecule has 1 aliphatic rings. The maximum atomic E-state index is 12.5. The molecule has 6 N–H and O–H groups in total. The molecule has 0 bridgehead atoms. The van der Waals surface area contributed by atoms with Crippen LogP contribution < -0.4 is 4.74 Å². The van der Waals surface area contributed by atoms with E-state index >= 15 is 0 Å². The van der Waals surface area contributed by atoms with E-state index in [1.807, 2.05) is 0 Å². The second-order valence-corrected chi connectivity index (χ2v) is 8.27. The normalized spacial score (nSPS) is 23.1. The van der Waals surface area contributed by atoms with E-state index in [0.29, 0.717) is 5.56 Å². The molecule has 2 aromatic carbocycles. The second kappa shape index (κ2) is 11.8. The summed E-state index contributed by atoms with van der Waals surface area (Å²) in [6.07, 6.45) is -5.53. The van der Waals surface area contributed by atoms with Gasteiger partial charge in [0.05, 0.1) is 5.56 Å². The van der Waals surface area contributed by atoms with Gasteiger partial charge in [-0.05, 0) is 35.9 Å². The third kappa shape index (κ3) is 6.51. The van der Waals surface area contributed by atoms with E-state index in [9.17, 15) is 45.0 Å². The highest BCUT2D eigenvalue weighted by Crippen LogP contribution is 2.40. The van der Waals surface area contributed by atoms with Crippen molar-refractivity contribution in [3.8, 4) is 28.7 Å². The summed E-state index contributed by atoms with van der Waals surface area (Å²) in [5, 5.41) is 60.6. The van der Waals surface area contributed by atoms with Gasteiger partial charge in [-0.3, -0.25) is 14.4 Å². The lowest BCUT2D eigenvalue weighted by Crippen LogP contribution is -2.61. The summed E-state index contributed by atoms with van der Waals surface area (Å²) in [5.74, 6) is -5.12. The predicted molar refractivity (Wildman–Crippen MR) is 126 cm³/mol. The fraction of sp³-hybridized carbons (Fsp3) is 0.320. The number of rotatable bonds is 8. The van der Waals surface area contributed by atoms with Gasteiger partial charge < -0.3 is 49.6 Å². The van der Waals surface area contributed by atoms with E-state index in [0.717, 1.165) is 32.1 Å². The zero-order valence-electron chi connectivity index (χ0n) is 20.2. The molecule has 13 nitrogen and oxygen atoms in total. The minimum atomic E-state index is -1.81. The van der Waals surface area contributed by atoms with Gasteiger partial charge in [0.2, 0.25) is 12.0 Å². The van der Waals surface area contributed by atoms with E-state index in [1.165, 1.54) is 24.3 Å². The molecule has 13 heteroatoms. The number of allylic oxidation sites excluding steroid dienone is 1. The average Bonchev–Trinajstić information content (AvgIpc) is 2.85. The van der Waals surface area contributed by atoms with Crippen LogP contribution in [0.2, 0.25) is 0 Å². The maximum absolute atomic E-state index is 12.5. The standard InChI is InChI=1S/C25H26O13/c1-11(26)35-10-19-24(36-12(2)27)22(33)23(34)25(38-19)37-18-8-5-14(20(31)21(18)32)15(28)6-3-13-4-7-16(29)17(30)9-13/h3-9,19,22-25,29-34H,10H2,1-2H3/t19-,22-,23-,24-,25-/m1/s1. The van der Waals surface area contributed by atoms with Gasteiger partial charge in [0, 0.05) is 13.8 Å². The Morgan fingerprint density at radius 3 is 2.26 bits per heavy atom. The lowest BCUT2D eigenvalue weighted by Gasteiger charge is -2.41. The molecule has 2 aromatic rings. The van der Waals surface area contributed by atoms with Gasteiger partial charge >= 0.3 is 11.9 Å². The van der Waals surface area contributed by atoms with Gasteiger partial charge in [-0.1, -0.05) is 12.1 Å².